The molecule has 1 aromatic heterocycles. The van der Waals surface area contributed by atoms with Gasteiger partial charge in [-0.05, 0) is 23.8 Å². The van der Waals surface area contributed by atoms with Crippen molar-refractivity contribution < 1.29 is 0 Å². The predicted molar refractivity (Wildman–Crippen MR) is 81.0 cm³/mol. The first kappa shape index (κ1) is 13.9. The smallest absolute Gasteiger partial charge is 0.0967 e. The topological polar surface area (TPSA) is 38.9 Å². The molecule has 5 heteroatoms. The van der Waals surface area contributed by atoms with Gasteiger partial charge in [0.15, 0.2) is 0 Å². The molecule has 2 rings (SSSR count). The first-order chi connectivity index (χ1) is 8.70. The largest absolute Gasteiger partial charge is 0.329 e. The third kappa shape index (κ3) is 3.48. The molecule has 0 radical (unpaired) electrons. The fourth-order valence-electron chi connectivity index (χ4n) is 1.55. The molecule has 0 saturated heterocycles. The summed E-state index contributed by atoms with van der Waals surface area (Å²) in [5.74, 6) is 0. The Morgan fingerprint density at radius 3 is 2.67 bits per heavy atom. The highest BCUT2D eigenvalue weighted by Crippen LogP contribution is 2.36. The monoisotopic (exact) mass is 342 g/mol. The Morgan fingerprint density at radius 1 is 1.28 bits per heavy atom. The van der Waals surface area contributed by atoms with Crippen LogP contribution in [0.1, 0.15) is 10.8 Å². The number of halogens is 2. The lowest BCUT2D eigenvalue weighted by atomic mass is 10.1. The van der Waals surface area contributed by atoms with Gasteiger partial charge in [0.2, 0.25) is 0 Å². The van der Waals surface area contributed by atoms with Crippen molar-refractivity contribution in [3.8, 4) is 0 Å². The number of nitrogens with two attached hydrogens (primary N) is 1. The second-order valence-corrected chi connectivity index (χ2v) is 6.19. The van der Waals surface area contributed by atoms with Gasteiger partial charge in [0.1, 0.15) is 0 Å². The van der Waals surface area contributed by atoms with Crippen molar-refractivity contribution in [1.82, 2.24) is 4.98 Å². The van der Waals surface area contributed by atoms with Crippen LogP contribution in [0.5, 0.6) is 0 Å². The summed E-state index contributed by atoms with van der Waals surface area (Å²) in [6.45, 7) is 0.553. The van der Waals surface area contributed by atoms with E-state index in [0.29, 0.717) is 11.6 Å². The number of rotatable bonds is 4. The van der Waals surface area contributed by atoms with Crippen LogP contribution in [0.15, 0.2) is 52.1 Å². The number of nitrogens with zero attached hydrogens (tertiary/aromatic N) is 1. The highest BCUT2D eigenvalue weighted by atomic mass is 79.9. The molecule has 1 heterocycles. The molecule has 0 amide bonds. The third-order valence-electron chi connectivity index (χ3n) is 2.43. The van der Waals surface area contributed by atoms with E-state index in [2.05, 4.69) is 27.0 Å². The SMILES string of the molecule is NCC(Sc1ccc(Cl)cn1)c1ccccc1Br. The van der Waals surface area contributed by atoms with E-state index in [9.17, 15) is 0 Å². The van der Waals surface area contributed by atoms with Gasteiger partial charge in [0, 0.05) is 22.5 Å². The number of pyridine rings is 1. The highest BCUT2D eigenvalue weighted by Gasteiger charge is 2.14. The molecule has 18 heavy (non-hydrogen) atoms. The Morgan fingerprint density at radius 2 is 2.06 bits per heavy atom. The molecule has 0 aliphatic rings. The Balaban J connectivity index is 2.20. The molecular formula is C13H12BrClN2S. The van der Waals surface area contributed by atoms with Gasteiger partial charge in [-0.1, -0.05) is 57.5 Å². The van der Waals surface area contributed by atoms with E-state index in [-0.39, 0.29) is 5.25 Å². The summed E-state index contributed by atoms with van der Waals surface area (Å²) in [5.41, 5.74) is 7.04. The Kier molecular flexibility index (Phi) is 5.06. The van der Waals surface area contributed by atoms with Crippen LogP contribution in [0.25, 0.3) is 0 Å². The molecule has 0 aliphatic heterocycles. The molecule has 2 aromatic rings. The lowest BCUT2D eigenvalue weighted by Crippen LogP contribution is -2.10. The highest BCUT2D eigenvalue weighted by molar-refractivity contribution is 9.10. The maximum atomic E-state index is 5.86. The van der Waals surface area contributed by atoms with E-state index < -0.39 is 0 Å². The second-order valence-electron chi connectivity index (χ2n) is 3.68. The van der Waals surface area contributed by atoms with Gasteiger partial charge < -0.3 is 5.73 Å². The molecule has 1 atom stereocenters. The standard InChI is InChI=1S/C13H12BrClN2S/c14-11-4-2-1-3-10(11)12(7-16)18-13-6-5-9(15)8-17-13/h1-6,8,12H,7,16H2. The Bertz CT molecular complexity index is 519. The van der Waals surface area contributed by atoms with Crippen LogP contribution in [0, 0.1) is 0 Å². The summed E-state index contributed by atoms with van der Waals surface area (Å²) in [4.78, 5) is 4.28. The van der Waals surface area contributed by atoms with Crippen LogP contribution in [-0.2, 0) is 0 Å². The molecule has 2 N–H and O–H groups in total. The van der Waals surface area contributed by atoms with Crippen molar-refractivity contribution in [3.05, 3.63) is 57.7 Å². The molecule has 94 valence electrons. The zero-order valence-corrected chi connectivity index (χ0v) is 12.7. The number of aromatic nitrogens is 1. The van der Waals surface area contributed by atoms with Crippen LogP contribution >= 0.6 is 39.3 Å². The van der Waals surface area contributed by atoms with Crippen LogP contribution in [-0.4, -0.2) is 11.5 Å². The maximum absolute atomic E-state index is 5.86. The number of thioether (sulfide) groups is 1. The molecule has 2 nitrogen and oxygen atoms in total. The maximum Gasteiger partial charge on any atom is 0.0967 e. The van der Waals surface area contributed by atoms with Gasteiger partial charge in [-0.3, -0.25) is 0 Å². The molecule has 1 aromatic carbocycles. The lowest BCUT2D eigenvalue weighted by molar-refractivity contribution is 0.930. The molecule has 1 unspecified atom stereocenters. The van der Waals surface area contributed by atoms with E-state index >= 15 is 0 Å². The summed E-state index contributed by atoms with van der Waals surface area (Å²) in [6.07, 6.45) is 1.65. The molecule has 0 spiro atoms. The molecule has 0 saturated carbocycles. The molecule has 0 bridgehead atoms. The van der Waals surface area contributed by atoms with E-state index in [0.717, 1.165) is 9.50 Å². The van der Waals surface area contributed by atoms with Crippen molar-refractivity contribution >= 4 is 39.3 Å². The zero-order chi connectivity index (χ0) is 13.0. The van der Waals surface area contributed by atoms with Gasteiger partial charge in [-0.15, -0.1) is 0 Å². The fraction of sp³-hybridized carbons (Fsp3) is 0.154. The number of hydrogen-bond donors (Lipinski definition) is 1. The van der Waals surface area contributed by atoms with Gasteiger partial charge in [-0.2, -0.15) is 0 Å². The molecule has 0 fully saturated rings. The van der Waals surface area contributed by atoms with Crippen LogP contribution < -0.4 is 5.73 Å². The summed E-state index contributed by atoms with van der Waals surface area (Å²) in [5, 5.41) is 1.74. The number of benzene rings is 1. The summed E-state index contributed by atoms with van der Waals surface area (Å²) in [7, 11) is 0. The van der Waals surface area contributed by atoms with Gasteiger partial charge in [0.05, 0.1) is 10.0 Å². The average Bonchev–Trinajstić information content (AvgIpc) is 2.39. The fourth-order valence-corrected chi connectivity index (χ4v) is 3.36. The Hall–Kier alpha value is -0.550. The summed E-state index contributed by atoms with van der Waals surface area (Å²) >= 11 is 11.0. The zero-order valence-electron chi connectivity index (χ0n) is 9.51. The average molecular weight is 344 g/mol. The van der Waals surface area contributed by atoms with E-state index in [1.807, 2.05) is 30.3 Å². The van der Waals surface area contributed by atoms with Crippen LogP contribution in [0.3, 0.4) is 0 Å². The predicted octanol–water partition coefficient (Wildman–Crippen LogP) is 4.29. The van der Waals surface area contributed by atoms with Crippen molar-refractivity contribution in [1.29, 1.82) is 0 Å². The molecular weight excluding hydrogens is 332 g/mol. The lowest BCUT2D eigenvalue weighted by Gasteiger charge is -2.15. The quantitative estimate of drug-likeness (QED) is 0.842. The van der Waals surface area contributed by atoms with Crippen molar-refractivity contribution in [2.24, 2.45) is 5.73 Å². The van der Waals surface area contributed by atoms with Crippen LogP contribution in [0.2, 0.25) is 5.02 Å². The van der Waals surface area contributed by atoms with Gasteiger partial charge in [-0.25, -0.2) is 4.98 Å². The van der Waals surface area contributed by atoms with Gasteiger partial charge in [0.25, 0.3) is 0 Å². The van der Waals surface area contributed by atoms with E-state index in [1.165, 1.54) is 5.56 Å². The van der Waals surface area contributed by atoms with Gasteiger partial charge >= 0.3 is 0 Å². The summed E-state index contributed by atoms with van der Waals surface area (Å²) in [6, 6.07) is 11.8. The minimum absolute atomic E-state index is 0.175. The third-order valence-corrected chi connectivity index (χ3v) is 4.59. The molecule has 0 aliphatic carbocycles. The van der Waals surface area contributed by atoms with Crippen molar-refractivity contribution in [2.75, 3.05) is 6.54 Å². The first-order valence-corrected chi connectivity index (χ1v) is 7.48. The normalized spacial score (nSPS) is 12.4. The van der Waals surface area contributed by atoms with Crippen LogP contribution in [0.4, 0.5) is 0 Å². The van der Waals surface area contributed by atoms with Crippen molar-refractivity contribution in [2.45, 2.75) is 10.3 Å². The van der Waals surface area contributed by atoms with Crippen molar-refractivity contribution in [3.63, 3.8) is 0 Å². The second kappa shape index (κ2) is 6.57. The minimum Gasteiger partial charge on any atom is -0.329 e. The first-order valence-electron chi connectivity index (χ1n) is 5.43. The summed E-state index contributed by atoms with van der Waals surface area (Å²) < 4.78 is 1.07. The van der Waals surface area contributed by atoms with E-state index in [4.69, 9.17) is 17.3 Å². The Labute approximate surface area is 124 Å². The van der Waals surface area contributed by atoms with E-state index in [1.54, 1.807) is 18.0 Å². The number of hydrogen-bond acceptors (Lipinski definition) is 3. The minimum atomic E-state index is 0.175.